The zero-order valence-corrected chi connectivity index (χ0v) is 17.6. The zero-order chi connectivity index (χ0) is 20.3. The van der Waals surface area contributed by atoms with Crippen LogP contribution in [-0.2, 0) is 10.0 Å². The third-order valence-corrected chi connectivity index (χ3v) is 6.51. The highest BCUT2D eigenvalue weighted by Gasteiger charge is 2.23. The van der Waals surface area contributed by atoms with Crippen molar-refractivity contribution in [3.8, 4) is 0 Å². The van der Waals surface area contributed by atoms with Crippen molar-refractivity contribution in [1.29, 1.82) is 0 Å². The summed E-state index contributed by atoms with van der Waals surface area (Å²) in [6, 6.07) is 21.2. The summed E-state index contributed by atoms with van der Waals surface area (Å²) in [7, 11) is 4.46. The van der Waals surface area contributed by atoms with Crippen LogP contribution in [0.25, 0.3) is 10.8 Å². The summed E-state index contributed by atoms with van der Waals surface area (Å²) in [4.78, 5) is 3.53. The van der Waals surface area contributed by atoms with Gasteiger partial charge in [-0.15, -0.1) is 0 Å². The number of likely N-dealkylation sites (N-methyl/N-ethyl adjacent to an activating group) is 1. The Morgan fingerprint density at radius 1 is 0.929 bits per heavy atom. The minimum absolute atomic E-state index is 0.0148. The van der Waals surface area contributed by atoms with Gasteiger partial charge in [0.25, 0.3) is 0 Å². The third-order valence-electron chi connectivity index (χ3n) is 5.03. The fourth-order valence-electron chi connectivity index (χ4n) is 3.36. The number of nitrogens with zero attached hydrogens (tertiary/aromatic N) is 1. The summed E-state index contributed by atoms with van der Waals surface area (Å²) in [6.07, 6.45) is 0. The van der Waals surface area contributed by atoms with E-state index in [0.717, 1.165) is 22.0 Å². The third kappa shape index (κ3) is 4.35. The molecule has 3 rings (SSSR count). The highest BCUT2D eigenvalue weighted by Crippen LogP contribution is 2.23. The van der Waals surface area contributed by atoms with Crippen LogP contribution >= 0.6 is 0 Å². The van der Waals surface area contributed by atoms with Gasteiger partial charge in [-0.3, -0.25) is 0 Å². The van der Waals surface area contributed by atoms with E-state index in [9.17, 15) is 8.42 Å². The van der Waals surface area contributed by atoms with Crippen LogP contribution in [0.15, 0.2) is 71.6 Å². The normalized spacial score (nSPS) is 13.0. The van der Waals surface area contributed by atoms with E-state index in [1.54, 1.807) is 12.1 Å². The van der Waals surface area contributed by atoms with Crippen molar-refractivity contribution in [2.24, 2.45) is 0 Å². The van der Waals surface area contributed by atoms with E-state index in [2.05, 4.69) is 29.0 Å². The Bertz CT molecular complexity index is 1040. The molecule has 0 aliphatic rings. The molecular formula is C22H28N3O2S+. The van der Waals surface area contributed by atoms with Gasteiger partial charge in [-0.2, -0.15) is 0 Å². The molecule has 3 aromatic carbocycles. The molecular weight excluding hydrogens is 370 g/mol. The SMILES string of the molecule is CN(C)c1ccc([C@@H](CNS(=O)(=O)c2cccc3ccccc23)[NH+](C)C)cc1. The summed E-state index contributed by atoms with van der Waals surface area (Å²) < 4.78 is 28.9. The number of hydrogen-bond acceptors (Lipinski definition) is 3. The van der Waals surface area contributed by atoms with Crippen molar-refractivity contribution in [2.45, 2.75) is 10.9 Å². The highest BCUT2D eigenvalue weighted by molar-refractivity contribution is 7.89. The summed E-state index contributed by atoms with van der Waals surface area (Å²) in [5.74, 6) is 0. The number of sulfonamides is 1. The fourth-order valence-corrected chi connectivity index (χ4v) is 4.64. The summed E-state index contributed by atoms with van der Waals surface area (Å²) in [5, 5.41) is 1.65. The topological polar surface area (TPSA) is 53.9 Å². The first kappa shape index (κ1) is 20.3. The molecule has 148 valence electrons. The Labute approximate surface area is 167 Å². The maximum Gasteiger partial charge on any atom is 0.241 e. The second kappa shape index (κ2) is 8.31. The van der Waals surface area contributed by atoms with Crippen LogP contribution in [-0.4, -0.2) is 43.2 Å². The van der Waals surface area contributed by atoms with Gasteiger partial charge in [-0.05, 0) is 23.6 Å². The molecule has 3 aromatic rings. The second-order valence-electron chi connectivity index (χ2n) is 7.45. The lowest BCUT2D eigenvalue weighted by Crippen LogP contribution is -3.07. The van der Waals surface area contributed by atoms with Gasteiger partial charge in [0.05, 0.1) is 25.5 Å². The molecule has 0 aromatic heterocycles. The monoisotopic (exact) mass is 398 g/mol. The number of fused-ring (bicyclic) bond motifs is 1. The van der Waals surface area contributed by atoms with Crippen LogP contribution < -0.4 is 14.5 Å². The van der Waals surface area contributed by atoms with Crippen LogP contribution in [0, 0.1) is 0 Å². The molecule has 0 saturated heterocycles. The first-order valence-corrected chi connectivity index (χ1v) is 10.8. The first-order chi connectivity index (χ1) is 13.3. The predicted octanol–water partition coefficient (Wildman–Crippen LogP) is 2.07. The average molecular weight is 399 g/mol. The standard InChI is InChI=1S/C22H27N3O2S/c1-24(2)19-14-12-18(13-15-19)21(25(3)4)16-23-28(26,27)22-11-7-9-17-8-5-6-10-20(17)22/h5-15,21,23H,16H2,1-4H3/p+1/t21-/m1/s1. The molecule has 6 heteroatoms. The van der Waals surface area contributed by atoms with E-state index >= 15 is 0 Å². The van der Waals surface area contributed by atoms with Crippen molar-refractivity contribution in [3.63, 3.8) is 0 Å². The quantitative estimate of drug-likeness (QED) is 0.641. The van der Waals surface area contributed by atoms with Crippen LogP contribution in [0.2, 0.25) is 0 Å². The lowest BCUT2D eigenvalue weighted by atomic mass is 10.1. The van der Waals surface area contributed by atoms with Gasteiger partial charge in [0.1, 0.15) is 6.04 Å². The number of quaternary nitrogens is 1. The Morgan fingerprint density at radius 2 is 1.57 bits per heavy atom. The van der Waals surface area contributed by atoms with Crippen molar-refractivity contribution >= 4 is 26.5 Å². The highest BCUT2D eigenvalue weighted by atomic mass is 32.2. The number of benzene rings is 3. The molecule has 0 saturated carbocycles. The van der Waals surface area contributed by atoms with Crippen LogP contribution in [0.1, 0.15) is 11.6 Å². The molecule has 5 nitrogen and oxygen atoms in total. The summed E-state index contributed by atoms with van der Waals surface area (Å²) in [5.41, 5.74) is 2.22. The Morgan fingerprint density at radius 3 is 2.21 bits per heavy atom. The Hall–Kier alpha value is -2.41. The van der Waals surface area contributed by atoms with Gasteiger partial charge in [0, 0.05) is 30.7 Å². The van der Waals surface area contributed by atoms with Crippen LogP contribution in [0.4, 0.5) is 5.69 Å². The van der Waals surface area contributed by atoms with Gasteiger partial charge >= 0.3 is 0 Å². The van der Waals surface area contributed by atoms with Gasteiger partial charge in [-0.1, -0.05) is 48.5 Å². The number of rotatable bonds is 7. The summed E-state index contributed by atoms with van der Waals surface area (Å²) >= 11 is 0. The number of nitrogens with one attached hydrogen (secondary N) is 2. The zero-order valence-electron chi connectivity index (χ0n) is 16.8. The van der Waals surface area contributed by atoms with Gasteiger partial charge in [0.15, 0.2) is 0 Å². The van der Waals surface area contributed by atoms with E-state index in [-0.39, 0.29) is 6.04 Å². The number of anilines is 1. The molecule has 0 heterocycles. The lowest BCUT2D eigenvalue weighted by molar-refractivity contribution is -0.890. The van der Waals surface area contributed by atoms with Crippen molar-refractivity contribution < 1.29 is 13.3 Å². The molecule has 2 N–H and O–H groups in total. The molecule has 28 heavy (non-hydrogen) atoms. The smallest absolute Gasteiger partial charge is 0.241 e. The minimum Gasteiger partial charge on any atom is -0.378 e. The van der Waals surface area contributed by atoms with E-state index in [4.69, 9.17) is 0 Å². The van der Waals surface area contributed by atoms with Gasteiger partial charge in [-0.25, -0.2) is 13.1 Å². The molecule has 0 spiro atoms. The molecule has 1 atom stereocenters. The molecule has 0 aliphatic heterocycles. The molecule has 0 aliphatic carbocycles. The molecule has 0 bridgehead atoms. The van der Waals surface area contributed by atoms with E-state index in [1.165, 1.54) is 4.90 Å². The van der Waals surface area contributed by atoms with E-state index in [0.29, 0.717) is 11.4 Å². The van der Waals surface area contributed by atoms with Crippen molar-refractivity contribution in [2.75, 3.05) is 39.6 Å². The van der Waals surface area contributed by atoms with Crippen LogP contribution in [0.3, 0.4) is 0 Å². The van der Waals surface area contributed by atoms with E-state index < -0.39 is 10.0 Å². The van der Waals surface area contributed by atoms with E-state index in [1.807, 2.05) is 63.4 Å². The lowest BCUT2D eigenvalue weighted by Gasteiger charge is -2.23. The Balaban J connectivity index is 1.84. The van der Waals surface area contributed by atoms with Crippen molar-refractivity contribution in [1.82, 2.24) is 4.72 Å². The fraction of sp³-hybridized carbons (Fsp3) is 0.273. The average Bonchev–Trinajstić information content (AvgIpc) is 2.67. The summed E-state index contributed by atoms with van der Waals surface area (Å²) in [6.45, 7) is 0.329. The number of hydrogen-bond donors (Lipinski definition) is 2. The van der Waals surface area contributed by atoms with Gasteiger partial charge in [0.2, 0.25) is 10.0 Å². The minimum atomic E-state index is -3.62. The van der Waals surface area contributed by atoms with Crippen LogP contribution in [0.5, 0.6) is 0 Å². The maximum atomic E-state index is 13.0. The predicted molar refractivity (Wildman–Crippen MR) is 115 cm³/mol. The Kier molecular flexibility index (Phi) is 6.03. The van der Waals surface area contributed by atoms with Crippen molar-refractivity contribution in [3.05, 3.63) is 72.3 Å². The maximum absolute atomic E-state index is 13.0. The van der Waals surface area contributed by atoms with Gasteiger partial charge < -0.3 is 9.80 Å². The largest absolute Gasteiger partial charge is 0.378 e. The molecule has 0 amide bonds. The molecule has 0 unspecified atom stereocenters. The second-order valence-corrected chi connectivity index (χ2v) is 9.18. The molecule has 0 fully saturated rings. The first-order valence-electron chi connectivity index (χ1n) is 9.34. The molecule has 0 radical (unpaired) electrons.